The average Bonchev–Trinajstić information content (AvgIpc) is 2.84. The van der Waals surface area contributed by atoms with E-state index in [9.17, 15) is 8.78 Å². The summed E-state index contributed by atoms with van der Waals surface area (Å²) < 4.78 is 40.9. The topological polar surface area (TPSA) is 56.3 Å². The van der Waals surface area contributed by atoms with Crippen LogP contribution in [-0.2, 0) is 6.42 Å². The van der Waals surface area contributed by atoms with E-state index in [1.807, 2.05) is 30.3 Å². The minimum Gasteiger partial charge on any atom is -0.490 e. The van der Waals surface area contributed by atoms with Crippen LogP contribution >= 0.6 is 0 Å². The second-order valence-corrected chi connectivity index (χ2v) is 9.69. The quantitative estimate of drug-likeness (QED) is 0.469. The predicted molar refractivity (Wildman–Crippen MR) is 130 cm³/mol. The second kappa shape index (κ2) is 11.4. The van der Waals surface area contributed by atoms with Crippen LogP contribution in [0.2, 0.25) is 0 Å². The third kappa shape index (κ3) is 6.23. The van der Waals surface area contributed by atoms with Gasteiger partial charge in [0.2, 0.25) is 5.88 Å². The molecule has 2 heterocycles. The van der Waals surface area contributed by atoms with E-state index in [2.05, 4.69) is 22.4 Å². The summed E-state index contributed by atoms with van der Waals surface area (Å²) in [6.07, 6.45) is 8.30. The molecule has 2 aliphatic rings. The standard InChI is InChI=1S/C27H37F2N3O2/c1-3-4-10-25-23(20-11-13-22(14-12-20)34-21-8-6-5-7-9-21)17-26(32-31-25)33-19(2)24-18-30-16-15-27(24,28)29/h11-14,17,19,21,24,30H,3-10,15-16,18H2,1-2H3. The first kappa shape index (κ1) is 24.8. The summed E-state index contributed by atoms with van der Waals surface area (Å²) in [6, 6.07) is 9.94. The van der Waals surface area contributed by atoms with Crippen molar-refractivity contribution in [3.8, 4) is 22.8 Å². The number of nitrogens with one attached hydrogen (secondary N) is 1. The highest BCUT2D eigenvalue weighted by atomic mass is 19.3. The molecule has 4 rings (SSSR count). The van der Waals surface area contributed by atoms with Crippen LogP contribution in [0.25, 0.3) is 11.1 Å². The lowest BCUT2D eigenvalue weighted by Crippen LogP contribution is -2.50. The monoisotopic (exact) mass is 473 g/mol. The molecule has 2 fully saturated rings. The van der Waals surface area contributed by atoms with Gasteiger partial charge in [-0.05, 0) is 63.1 Å². The first-order valence-corrected chi connectivity index (χ1v) is 12.8. The van der Waals surface area contributed by atoms with Gasteiger partial charge in [-0.1, -0.05) is 31.9 Å². The SMILES string of the molecule is CCCCc1nnc(OC(C)C2CNCCC2(F)F)cc1-c1ccc(OC2CCCCC2)cc1. The Hall–Kier alpha value is -2.28. The van der Waals surface area contributed by atoms with Crippen molar-refractivity contribution in [3.63, 3.8) is 0 Å². The van der Waals surface area contributed by atoms with E-state index in [4.69, 9.17) is 9.47 Å². The Balaban J connectivity index is 1.52. The van der Waals surface area contributed by atoms with Gasteiger partial charge in [0, 0.05) is 31.1 Å². The maximum atomic E-state index is 14.4. The number of piperidine rings is 1. The highest BCUT2D eigenvalue weighted by Crippen LogP contribution is 2.35. The van der Waals surface area contributed by atoms with Crippen molar-refractivity contribution in [1.82, 2.24) is 15.5 Å². The molecule has 1 aromatic heterocycles. The highest BCUT2D eigenvalue weighted by molar-refractivity contribution is 5.67. The van der Waals surface area contributed by atoms with Crippen LogP contribution in [0.4, 0.5) is 8.78 Å². The number of ether oxygens (including phenoxy) is 2. The smallest absolute Gasteiger partial charge is 0.256 e. The van der Waals surface area contributed by atoms with Crippen LogP contribution < -0.4 is 14.8 Å². The first-order valence-electron chi connectivity index (χ1n) is 12.8. The maximum absolute atomic E-state index is 14.4. The second-order valence-electron chi connectivity index (χ2n) is 9.69. The summed E-state index contributed by atoms with van der Waals surface area (Å²) >= 11 is 0. The van der Waals surface area contributed by atoms with Crippen molar-refractivity contribution in [1.29, 1.82) is 0 Å². The normalized spacial score (nSPS) is 21.7. The van der Waals surface area contributed by atoms with E-state index in [0.717, 1.165) is 54.7 Å². The number of hydrogen-bond donors (Lipinski definition) is 1. The molecular weight excluding hydrogens is 436 g/mol. The van der Waals surface area contributed by atoms with Gasteiger partial charge < -0.3 is 14.8 Å². The molecule has 2 aromatic rings. The minimum absolute atomic E-state index is 0.173. The van der Waals surface area contributed by atoms with Crippen molar-refractivity contribution < 1.29 is 18.3 Å². The molecule has 1 aromatic carbocycles. The molecule has 1 saturated carbocycles. The highest BCUT2D eigenvalue weighted by Gasteiger charge is 2.45. The van der Waals surface area contributed by atoms with Crippen LogP contribution in [0.5, 0.6) is 11.6 Å². The molecule has 7 heteroatoms. The molecule has 2 atom stereocenters. The van der Waals surface area contributed by atoms with E-state index >= 15 is 0 Å². The summed E-state index contributed by atoms with van der Waals surface area (Å²) in [4.78, 5) is 0. The summed E-state index contributed by atoms with van der Waals surface area (Å²) in [6.45, 7) is 4.38. The number of benzene rings is 1. The molecule has 0 bridgehead atoms. The third-order valence-electron chi connectivity index (χ3n) is 7.05. The molecule has 0 amide bonds. The van der Waals surface area contributed by atoms with Crippen molar-refractivity contribution in [2.75, 3.05) is 13.1 Å². The zero-order valence-corrected chi connectivity index (χ0v) is 20.4. The van der Waals surface area contributed by atoms with E-state index in [-0.39, 0.29) is 18.8 Å². The largest absolute Gasteiger partial charge is 0.490 e. The zero-order chi connectivity index (χ0) is 24.0. The Morgan fingerprint density at radius 3 is 2.59 bits per heavy atom. The minimum atomic E-state index is -2.75. The fourth-order valence-electron chi connectivity index (χ4n) is 4.95. The molecule has 5 nitrogen and oxygen atoms in total. The lowest BCUT2D eigenvalue weighted by atomic mass is 9.90. The molecular formula is C27H37F2N3O2. The summed E-state index contributed by atoms with van der Waals surface area (Å²) in [5.41, 5.74) is 2.83. The van der Waals surface area contributed by atoms with Crippen molar-refractivity contribution in [2.45, 2.75) is 89.8 Å². The van der Waals surface area contributed by atoms with Gasteiger partial charge in [0.15, 0.2) is 0 Å². The van der Waals surface area contributed by atoms with Gasteiger partial charge in [-0.15, -0.1) is 5.10 Å². The molecule has 1 saturated heterocycles. The number of hydrogen-bond acceptors (Lipinski definition) is 5. The van der Waals surface area contributed by atoms with Gasteiger partial charge in [0.1, 0.15) is 11.9 Å². The maximum Gasteiger partial charge on any atom is 0.256 e. The van der Waals surface area contributed by atoms with Gasteiger partial charge in [0.25, 0.3) is 5.92 Å². The lowest BCUT2D eigenvalue weighted by Gasteiger charge is -2.35. The lowest BCUT2D eigenvalue weighted by molar-refractivity contribution is -0.110. The van der Waals surface area contributed by atoms with E-state index in [1.165, 1.54) is 19.3 Å². The van der Waals surface area contributed by atoms with Gasteiger partial charge in [-0.3, -0.25) is 0 Å². The number of alkyl halides is 2. The average molecular weight is 474 g/mol. The summed E-state index contributed by atoms with van der Waals surface area (Å²) in [5.74, 6) is -2.49. The number of aryl methyl sites for hydroxylation is 1. The van der Waals surface area contributed by atoms with Gasteiger partial charge >= 0.3 is 0 Å². The fraction of sp³-hybridized carbons (Fsp3) is 0.630. The molecule has 0 spiro atoms. The number of halogens is 2. The molecule has 2 unspecified atom stereocenters. The van der Waals surface area contributed by atoms with Crippen LogP contribution in [0, 0.1) is 5.92 Å². The van der Waals surface area contributed by atoms with Crippen LogP contribution in [0.1, 0.15) is 70.9 Å². The number of unbranched alkanes of at least 4 members (excludes halogenated alkanes) is 1. The summed E-state index contributed by atoms with van der Waals surface area (Å²) in [7, 11) is 0. The number of aromatic nitrogens is 2. The molecule has 0 radical (unpaired) electrons. The molecule has 1 N–H and O–H groups in total. The fourth-order valence-corrected chi connectivity index (χ4v) is 4.95. The predicted octanol–water partition coefficient (Wildman–Crippen LogP) is 6.21. The van der Waals surface area contributed by atoms with E-state index < -0.39 is 17.9 Å². The Bertz CT molecular complexity index is 917. The van der Waals surface area contributed by atoms with Crippen LogP contribution in [-0.4, -0.2) is 41.4 Å². The van der Waals surface area contributed by atoms with Crippen molar-refractivity contribution in [2.24, 2.45) is 5.92 Å². The van der Waals surface area contributed by atoms with Crippen LogP contribution in [0.3, 0.4) is 0 Å². The Morgan fingerprint density at radius 1 is 1.12 bits per heavy atom. The number of nitrogens with zero attached hydrogens (tertiary/aromatic N) is 2. The molecule has 1 aliphatic heterocycles. The Kier molecular flexibility index (Phi) is 8.35. The Morgan fingerprint density at radius 2 is 1.88 bits per heavy atom. The molecule has 1 aliphatic carbocycles. The summed E-state index contributed by atoms with van der Waals surface area (Å²) in [5, 5.41) is 11.7. The van der Waals surface area contributed by atoms with E-state index in [1.54, 1.807) is 6.92 Å². The molecule has 186 valence electrons. The first-order chi connectivity index (χ1) is 16.5. The zero-order valence-electron chi connectivity index (χ0n) is 20.4. The van der Waals surface area contributed by atoms with Crippen LogP contribution in [0.15, 0.2) is 30.3 Å². The number of rotatable bonds is 9. The molecule has 34 heavy (non-hydrogen) atoms. The third-order valence-corrected chi connectivity index (χ3v) is 7.05. The van der Waals surface area contributed by atoms with E-state index in [0.29, 0.717) is 12.6 Å². The van der Waals surface area contributed by atoms with Gasteiger partial charge in [-0.2, -0.15) is 5.10 Å². The van der Waals surface area contributed by atoms with Gasteiger partial charge in [0.05, 0.1) is 17.7 Å². The van der Waals surface area contributed by atoms with Crippen molar-refractivity contribution >= 4 is 0 Å². The van der Waals surface area contributed by atoms with Crippen molar-refractivity contribution in [3.05, 3.63) is 36.0 Å². The van der Waals surface area contributed by atoms with Gasteiger partial charge in [-0.25, -0.2) is 8.78 Å². The Labute approximate surface area is 201 Å².